The van der Waals surface area contributed by atoms with Gasteiger partial charge in [-0.1, -0.05) is 206 Å². The number of pyridine rings is 4. The summed E-state index contributed by atoms with van der Waals surface area (Å²) in [6.45, 7) is 0. The molecular weight excluding hydrogens is 837 g/mol. The lowest BCUT2D eigenvalue weighted by atomic mass is 9.67. The van der Waals surface area contributed by atoms with Crippen LogP contribution >= 0.6 is 0 Å². The van der Waals surface area contributed by atoms with Crippen molar-refractivity contribution in [1.82, 2.24) is 19.9 Å². The summed E-state index contributed by atoms with van der Waals surface area (Å²) in [5.74, 6) is 0. The predicted octanol–water partition coefficient (Wildman–Crippen LogP) is 15.9. The van der Waals surface area contributed by atoms with Crippen LogP contribution in [0, 0.1) is 0 Å². The van der Waals surface area contributed by atoms with Crippen molar-refractivity contribution in [2.45, 2.75) is 5.41 Å². The summed E-state index contributed by atoms with van der Waals surface area (Å²) in [6, 6.07) is 82.1. The normalized spacial score (nSPS) is 12.9. The van der Waals surface area contributed by atoms with Crippen molar-refractivity contribution >= 4 is 67.9 Å². The van der Waals surface area contributed by atoms with Crippen LogP contribution in [0.4, 0.5) is 0 Å². The van der Waals surface area contributed by atoms with Crippen LogP contribution in [-0.4, -0.2) is 19.9 Å². The molecule has 0 bridgehead atoms. The highest BCUT2D eigenvalue weighted by molar-refractivity contribution is 6.05. The van der Waals surface area contributed by atoms with Gasteiger partial charge in [-0.3, -0.25) is 0 Å². The van der Waals surface area contributed by atoms with Crippen molar-refractivity contribution in [2.24, 2.45) is 0 Å². The molecule has 0 radical (unpaired) electrons. The predicted molar refractivity (Wildman–Crippen MR) is 287 cm³/mol. The second kappa shape index (κ2) is 16.6. The van der Waals surface area contributed by atoms with Gasteiger partial charge in [-0.15, -0.1) is 0 Å². The topological polar surface area (TPSA) is 51.6 Å². The molecule has 0 fully saturated rings. The molecule has 4 heteroatoms. The van der Waals surface area contributed by atoms with Crippen LogP contribution < -0.4 is 0 Å². The smallest absolute Gasteiger partial charge is 0.0972 e. The first-order chi connectivity index (χ1) is 34.2. The molecule has 322 valence electrons. The van der Waals surface area contributed by atoms with Gasteiger partial charge in [0.25, 0.3) is 0 Å². The Morgan fingerprint density at radius 1 is 0.290 bits per heavy atom. The van der Waals surface area contributed by atoms with E-state index in [1.165, 1.54) is 33.4 Å². The Morgan fingerprint density at radius 2 is 0.667 bits per heavy atom. The summed E-state index contributed by atoms with van der Waals surface area (Å²) in [5, 5.41) is 4.22. The zero-order chi connectivity index (χ0) is 45.7. The minimum absolute atomic E-state index is 0.643. The number of fused-ring (bicyclic) bond motifs is 9. The number of rotatable bonds is 8. The van der Waals surface area contributed by atoms with Crippen molar-refractivity contribution in [2.75, 3.05) is 0 Å². The van der Waals surface area contributed by atoms with E-state index >= 15 is 0 Å². The molecule has 12 aromatic rings. The average molecular weight is 879 g/mol. The minimum atomic E-state index is -0.643. The molecule has 4 aromatic heterocycles. The highest BCUT2D eigenvalue weighted by Gasteiger charge is 2.46. The van der Waals surface area contributed by atoms with Crippen LogP contribution in [0.1, 0.15) is 44.8 Å². The zero-order valence-electron chi connectivity index (χ0n) is 37.5. The van der Waals surface area contributed by atoms with Crippen LogP contribution in [0.5, 0.6) is 0 Å². The van der Waals surface area contributed by atoms with E-state index < -0.39 is 5.41 Å². The van der Waals surface area contributed by atoms with Crippen LogP contribution in [0.25, 0.3) is 102 Å². The van der Waals surface area contributed by atoms with Gasteiger partial charge >= 0.3 is 0 Å². The van der Waals surface area contributed by atoms with Gasteiger partial charge in [-0.05, 0) is 93.1 Å². The second-order valence-corrected chi connectivity index (χ2v) is 17.8. The fourth-order valence-corrected chi connectivity index (χ4v) is 10.4. The van der Waals surface area contributed by atoms with Crippen LogP contribution in [0.15, 0.2) is 231 Å². The van der Waals surface area contributed by atoms with Gasteiger partial charge in [0.15, 0.2) is 0 Å². The molecule has 0 unspecified atom stereocenters. The molecule has 0 spiro atoms. The maximum atomic E-state index is 5.41. The number of aromatic nitrogens is 4. The van der Waals surface area contributed by atoms with E-state index in [9.17, 15) is 0 Å². The van der Waals surface area contributed by atoms with Gasteiger partial charge in [0.1, 0.15) is 0 Å². The Hall–Kier alpha value is -9.12. The van der Waals surface area contributed by atoms with Gasteiger partial charge in [-0.2, -0.15) is 0 Å². The molecule has 69 heavy (non-hydrogen) atoms. The largest absolute Gasteiger partial charge is 0.246 e. The Labute approximate surface area is 400 Å². The molecular formula is C65H42N4. The number of hydrogen-bond donors (Lipinski definition) is 0. The van der Waals surface area contributed by atoms with Crippen LogP contribution in [0.3, 0.4) is 0 Å². The Balaban J connectivity index is 0.947. The van der Waals surface area contributed by atoms with Crippen molar-refractivity contribution in [1.29, 1.82) is 0 Å². The lowest BCUT2D eigenvalue weighted by molar-refractivity contribution is 0.769. The minimum Gasteiger partial charge on any atom is -0.246 e. The molecule has 0 saturated heterocycles. The first-order valence-electron chi connectivity index (χ1n) is 23.4. The highest BCUT2D eigenvalue weighted by atomic mass is 14.8. The maximum absolute atomic E-state index is 5.41. The number of nitrogens with zero attached hydrogens (tertiary/aromatic N) is 4. The van der Waals surface area contributed by atoms with Gasteiger partial charge in [-0.25, -0.2) is 19.9 Å². The summed E-state index contributed by atoms with van der Waals surface area (Å²) in [4.78, 5) is 21.1. The van der Waals surface area contributed by atoms with E-state index in [0.717, 1.165) is 88.6 Å². The zero-order valence-corrected chi connectivity index (χ0v) is 37.5. The first-order valence-corrected chi connectivity index (χ1v) is 23.4. The third-order valence-electron chi connectivity index (χ3n) is 13.7. The summed E-state index contributed by atoms with van der Waals surface area (Å²) >= 11 is 0. The van der Waals surface area contributed by atoms with E-state index in [1.807, 2.05) is 12.1 Å². The summed E-state index contributed by atoms with van der Waals surface area (Å²) < 4.78 is 0. The van der Waals surface area contributed by atoms with Crippen molar-refractivity contribution in [3.05, 3.63) is 275 Å². The molecule has 4 nitrogen and oxygen atoms in total. The molecule has 0 aliphatic heterocycles. The molecule has 0 N–H and O–H groups in total. The van der Waals surface area contributed by atoms with E-state index in [0.29, 0.717) is 0 Å². The fourth-order valence-electron chi connectivity index (χ4n) is 10.4. The van der Waals surface area contributed by atoms with Crippen LogP contribution in [0.2, 0.25) is 0 Å². The Morgan fingerprint density at radius 3 is 1.12 bits per heavy atom. The summed E-state index contributed by atoms with van der Waals surface area (Å²) in [6.07, 6.45) is 8.35. The monoisotopic (exact) mass is 878 g/mol. The summed E-state index contributed by atoms with van der Waals surface area (Å²) in [7, 11) is 0. The maximum Gasteiger partial charge on any atom is 0.0972 e. The van der Waals surface area contributed by atoms with Gasteiger partial charge in [0.2, 0.25) is 0 Å². The lowest BCUT2D eigenvalue weighted by Crippen LogP contribution is -2.28. The summed E-state index contributed by atoms with van der Waals surface area (Å²) in [5.41, 5.74) is 18.1. The first kappa shape index (κ1) is 40.2. The number of hydrogen-bond acceptors (Lipinski definition) is 4. The molecule has 1 aliphatic rings. The second-order valence-electron chi connectivity index (χ2n) is 17.8. The molecule has 4 heterocycles. The highest BCUT2D eigenvalue weighted by Crippen LogP contribution is 2.56. The van der Waals surface area contributed by atoms with Crippen molar-refractivity contribution < 1.29 is 0 Å². The standard InChI is InChI=1S/C65H42N4/c1-3-13-43(14-4-1)25-35-53-37-31-45-27-29-47-33-39-59(68-63(47)61(45)66-53)49-17-11-19-51(41-49)65(57-23-9-7-21-55(57)56-22-8-10-24-58(56)65)52-20-12-18-50(42-52)60-40-34-48-30-28-46-32-38-54(67-62(46)64(48)69-60)36-26-44-15-5-2-6-16-44/h1-42H. The molecule has 1 aliphatic carbocycles. The Kier molecular flexibility index (Phi) is 9.69. The molecule has 0 atom stereocenters. The SMILES string of the molecule is C(=Cc1ccc2ccc3ccc(-c4cccc(C5(c6cccc(-c7ccc8ccc9ccc(C=Cc%10ccccc%10)nc9c8n7)c6)c6ccccc6-c6ccccc65)c4)nc3c2n1)c1ccccc1. The third kappa shape index (κ3) is 7.01. The molecule has 0 amide bonds. The molecule has 13 rings (SSSR count). The van der Waals surface area contributed by atoms with Gasteiger partial charge < -0.3 is 0 Å². The molecule has 8 aromatic carbocycles. The van der Waals surface area contributed by atoms with E-state index in [-0.39, 0.29) is 0 Å². The number of benzene rings is 8. The lowest BCUT2D eigenvalue weighted by Gasteiger charge is -2.34. The quantitative estimate of drug-likeness (QED) is 0.143. The van der Waals surface area contributed by atoms with E-state index in [2.05, 4.69) is 243 Å². The fraction of sp³-hybridized carbons (Fsp3) is 0.0154. The molecule has 0 saturated carbocycles. The van der Waals surface area contributed by atoms with E-state index in [4.69, 9.17) is 19.9 Å². The van der Waals surface area contributed by atoms with Gasteiger partial charge in [0.05, 0.1) is 50.3 Å². The van der Waals surface area contributed by atoms with Gasteiger partial charge in [0, 0.05) is 32.7 Å². The Bertz CT molecular complexity index is 3760. The average Bonchev–Trinajstić information content (AvgIpc) is 3.73. The van der Waals surface area contributed by atoms with Crippen LogP contribution in [-0.2, 0) is 5.41 Å². The van der Waals surface area contributed by atoms with E-state index in [1.54, 1.807) is 0 Å². The third-order valence-corrected chi connectivity index (χ3v) is 13.7. The van der Waals surface area contributed by atoms with Crippen molar-refractivity contribution in [3.8, 4) is 33.6 Å². The van der Waals surface area contributed by atoms with Crippen molar-refractivity contribution in [3.63, 3.8) is 0 Å².